The molecule has 1 aliphatic carbocycles. The van der Waals surface area contributed by atoms with E-state index in [0.29, 0.717) is 0 Å². The largest absolute Gasteiger partial charge is 0.390 e. The summed E-state index contributed by atoms with van der Waals surface area (Å²) in [5.41, 5.74) is 0. The molecule has 2 N–H and O–H groups in total. The molecule has 0 spiro atoms. The van der Waals surface area contributed by atoms with Crippen molar-refractivity contribution in [1.82, 2.24) is 0 Å². The van der Waals surface area contributed by atoms with E-state index in [2.05, 4.69) is 5.92 Å². The minimum Gasteiger partial charge on any atom is -0.390 e. The highest BCUT2D eigenvalue weighted by molar-refractivity contribution is 4.91. The molecular weight excluding hydrogens is 164 g/mol. The minimum absolute atomic E-state index is 0.261. The van der Waals surface area contributed by atoms with E-state index in [9.17, 15) is 10.2 Å². The molecule has 0 aromatic rings. The van der Waals surface area contributed by atoms with Crippen LogP contribution < -0.4 is 0 Å². The highest BCUT2D eigenvalue weighted by atomic mass is 16.3. The van der Waals surface area contributed by atoms with E-state index < -0.39 is 12.2 Å². The lowest BCUT2D eigenvalue weighted by Crippen LogP contribution is -2.34. The van der Waals surface area contributed by atoms with Crippen LogP contribution in [-0.4, -0.2) is 22.4 Å². The molecule has 74 valence electrons. The number of aliphatic hydroxyl groups excluding tert-OH is 2. The maximum atomic E-state index is 9.73. The number of rotatable bonds is 3. The van der Waals surface area contributed by atoms with E-state index in [-0.39, 0.29) is 12.3 Å². The quantitative estimate of drug-likeness (QED) is 0.646. The fourth-order valence-electron chi connectivity index (χ4n) is 2.03. The maximum absolute atomic E-state index is 9.73. The zero-order valence-corrected chi connectivity index (χ0v) is 7.95. The Morgan fingerprint density at radius 3 is 2.38 bits per heavy atom. The minimum atomic E-state index is -0.729. The average molecular weight is 182 g/mol. The van der Waals surface area contributed by atoms with E-state index >= 15 is 0 Å². The van der Waals surface area contributed by atoms with E-state index in [1.807, 2.05) is 0 Å². The monoisotopic (exact) mass is 182 g/mol. The van der Waals surface area contributed by atoms with Crippen LogP contribution >= 0.6 is 0 Å². The molecule has 0 amide bonds. The summed E-state index contributed by atoms with van der Waals surface area (Å²) < 4.78 is 0. The van der Waals surface area contributed by atoms with Crippen molar-refractivity contribution in [3.8, 4) is 12.3 Å². The van der Waals surface area contributed by atoms with Gasteiger partial charge in [-0.05, 0) is 18.8 Å². The van der Waals surface area contributed by atoms with Crippen LogP contribution in [0, 0.1) is 18.3 Å². The summed E-state index contributed by atoms with van der Waals surface area (Å²) >= 11 is 0. The molecule has 13 heavy (non-hydrogen) atoms. The van der Waals surface area contributed by atoms with Gasteiger partial charge in [0.1, 0.15) is 0 Å². The van der Waals surface area contributed by atoms with Gasteiger partial charge >= 0.3 is 0 Å². The van der Waals surface area contributed by atoms with Gasteiger partial charge in [-0.3, -0.25) is 0 Å². The smallest absolute Gasteiger partial charge is 0.0910 e. The second kappa shape index (κ2) is 5.26. The SMILES string of the molecule is C#CCC(O)C(O)C1CCCCC1. The van der Waals surface area contributed by atoms with Crippen molar-refractivity contribution in [2.75, 3.05) is 0 Å². The Kier molecular flexibility index (Phi) is 4.27. The molecule has 0 saturated heterocycles. The molecule has 0 bridgehead atoms. The Hall–Kier alpha value is -0.520. The molecule has 0 aliphatic heterocycles. The molecule has 1 fully saturated rings. The van der Waals surface area contributed by atoms with Crippen molar-refractivity contribution in [1.29, 1.82) is 0 Å². The van der Waals surface area contributed by atoms with Gasteiger partial charge in [-0.2, -0.15) is 0 Å². The van der Waals surface area contributed by atoms with Crippen molar-refractivity contribution in [3.05, 3.63) is 0 Å². The molecule has 2 nitrogen and oxygen atoms in total. The Balaban J connectivity index is 2.36. The van der Waals surface area contributed by atoms with Gasteiger partial charge in [-0.1, -0.05) is 19.3 Å². The second-order valence-electron chi connectivity index (χ2n) is 3.86. The second-order valence-corrected chi connectivity index (χ2v) is 3.86. The number of aliphatic hydroxyl groups is 2. The molecule has 0 aromatic heterocycles. The predicted octanol–water partition coefficient (Wildman–Crippen LogP) is 1.31. The maximum Gasteiger partial charge on any atom is 0.0910 e. The lowest BCUT2D eigenvalue weighted by Gasteiger charge is -2.28. The molecule has 2 heteroatoms. The van der Waals surface area contributed by atoms with Crippen molar-refractivity contribution < 1.29 is 10.2 Å². The van der Waals surface area contributed by atoms with E-state index in [0.717, 1.165) is 12.8 Å². The van der Waals surface area contributed by atoms with Gasteiger partial charge in [-0.25, -0.2) is 0 Å². The zero-order chi connectivity index (χ0) is 9.68. The topological polar surface area (TPSA) is 40.5 Å². The third-order valence-electron chi connectivity index (χ3n) is 2.85. The summed E-state index contributed by atoms with van der Waals surface area (Å²) in [4.78, 5) is 0. The van der Waals surface area contributed by atoms with Crippen LogP contribution in [0.1, 0.15) is 38.5 Å². The summed E-state index contributed by atoms with van der Waals surface area (Å²) in [7, 11) is 0. The third-order valence-corrected chi connectivity index (χ3v) is 2.85. The van der Waals surface area contributed by atoms with Crippen molar-refractivity contribution in [2.45, 2.75) is 50.7 Å². The molecule has 2 atom stereocenters. The Bertz CT molecular complexity index is 177. The fraction of sp³-hybridized carbons (Fsp3) is 0.818. The molecule has 1 aliphatic rings. The third kappa shape index (κ3) is 3.02. The predicted molar refractivity (Wildman–Crippen MR) is 52.0 cm³/mol. The van der Waals surface area contributed by atoms with Gasteiger partial charge in [0.05, 0.1) is 12.2 Å². The highest BCUT2D eigenvalue weighted by Crippen LogP contribution is 2.28. The Labute approximate surface area is 80.0 Å². The molecular formula is C11H18O2. The first kappa shape index (κ1) is 10.6. The van der Waals surface area contributed by atoms with Gasteiger partial charge in [-0.15, -0.1) is 12.3 Å². The van der Waals surface area contributed by atoms with Crippen molar-refractivity contribution >= 4 is 0 Å². The van der Waals surface area contributed by atoms with Crippen LogP contribution in [0.15, 0.2) is 0 Å². The van der Waals surface area contributed by atoms with Crippen LogP contribution in [0.2, 0.25) is 0 Å². The summed E-state index contributed by atoms with van der Waals surface area (Å²) in [6, 6.07) is 0. The number of hydrogen-bond donors (Lipinski definition) is 2. The first-order chi connectivity index (χ1) is 6.25. The number of hydrogen-bond acceptors (Lipinski definition) is 2. The molecule has 1 rings (SSSR count). The Morgan fingerprint density at radius 2 is 1.85 bits per heavy atom. The molecule has 1 saturated carbocycles. The first-order valence-corrected chi connectivity index (χ1v) is 5.05. The average Bonchev–Trinajstić information content (AvgIpc) is 2.18. The standard InChI is InChI=1S/C11H18O2/c1-2-6-10(12)11(13)9-7-4-3-5-8-9/h1,9-13H,3-8H2. The van der Waals surface area contributed by atoms with Gasteiger partial charge in [0.15, 0.2) is 0 Å². The zero-order valence-electron chi connectivity index (χ0n) is 7.95. The van der Waals surface area contributed by atoms with Crippen LogP contribution in [-0.2, 0) is 0 Å². The van der Waals surface area contributed by atoms with Gasteiger partial charge in [0.25, 0.3) is 0 Å². The highest BCUT2D eigenvalue weighted by Gasteiger charge is 2.26. The molecule has 0 heterocycles. The summed E-state index contributed by atoms with van der Waals surface area (Å²) in [5, 5.41) is 19.2. The van der Waals surface area contributed by atoms with Gasteiger partial charge in [0.2, 0.25) is 0 Å². The van der Waals surface area contributed by atoms with Crippen LogP contribution in [0.25, 0.3) is 0 Å². The van der Waals surface area contributed by atoms with Crippen LogP contribution in [0.4, 0.5) is 0 Å². The fourth-order valence-corrected chi connectivity index (χ4v) is 2.03. The van der Waals surface area contributed by atoms with Crippen molar-refractivity contribution in [3.63, 3.8) is 0 Å². The normalized spacial score (nSPS) is 23.5. The van der Waals surface area contributed by atoms with Crippen LogP contribution in [0.5, 0.6) is 0 Å². The first-order valence-electron chi connectivity index (χ1n) is 5.05. The molecule has 2 unspecified atom stereocenters. The Morgan fingerprint density at radius 1 is 1.23 bits per heavy atom. The van der Waals surface area contributed by atoms with E-state index in [1.54, 1.807) is 0 Å². The van der Waals surface area contributed by atoms with E-state index in [1.165, 1.54) is 19.3 Å². The van der Waals surface area contributed by atoms with Gasteiger partial charge in [0, 0.05) is 6.42 Å². The summed E-state index contributed by atoms with van der Waals surface area (Å²) in [6.07, 6.45) is 9.66. The van der Waals surface area contributed by atoms with Crippen LogP contribution in [0.3, 0.4) is 0 Å². The number of terminal acetylenes is 1. The van der Waals surface area contributed by atoms with Gasteiger partial charge < -0.3 is 10.2 Å². The summed E-state index contributed by atoms with van der Waals surface area (Å²) in [5.74, 6) is 2.64. The van der Waals surface area contributed by atoms with Crippen molar-refractivity contribution in [2.24, 2.45) is 5.92 Å². The lowest BCUT2D eigenvalue weighted by molar-refractivity contribution is -0.0241. The molecule has 0 aromatic carbocycles. The molecule has 0 radical (unpaired) electrons. The van der Waals surface area contributed by atoms with E-state index in [4.69, 9.17) is 6.42 Å². The lowest BCUT2D eigenvalue weighted by atomic mass is 9.83. The summed E-state index contributed by atoms with van der Waals surface area (Å²) in [6.45, 7) is 0.